The molecule has 3 heterocycles. The fraction of sp³-hybridized carbons (Fsp3) is 0.286. The second-order valence-corrected chi connectivity index (χ2v) is 9.15. The number of unbranched alkanes of at least 4 members (excludes halogenated alkanes) is 2. The summed E-state index contributed by atoms with van der Waals surface area (Å²) in [7, 11) is 0. The van der Waals surface area contributed by atoms with Gasteiger partial charge in [-0.2, -0.15) is 0 Å². The molecule has 1 aromatic carbocycles. The lowest BCUT2D eigenvalue weighted by atomic mass is 10.0. The first-order valence-electron chi connectivity index (χ1n) is 12.5. The number of benzene rings is 1. The summed E-state index contributed by atoms with van der Waals surface area (Å²) >= 11 is 0. The number of hydrogen-bond acceptors (Lipinski definition) is 4. The molecule has 1 aliphatic heterocycles. The molecule has 0 aliphatic carbocycles. The summed E-state index contributed by atoms with van der Waals surface area (Å²) < 4.78 is 13.7. The van der Waals surface area contributed by atoms with E-state index in [1.54, 1.807) is 25.4 Å². The number of fused-ring (bicyclic) bond motifs is 1. The molecule has 0 fully saturated rings. The number of nitrogens with zero attached hydrogens (tertiary/aromatic N) is 1. The van der Waals surface area contributed by atoms with Gasteiger partial charge in [0.2, 0.25) is 0 Å². The Hall–Kier alpha value is -4.47. The minimum atomic E-state index is -0.425. The van der Waals surface area contributed by atoms with Crippen LogP contribution in [0.3, 0.4) is 0 Å². The van der Waals surface area contributed by atoms with Gasteiger partial charge in [-0.1, -0.05) is 6.07 Å². The Morgan fingerprint density at radius 2 is 1.84 bits per heavy atom. The van der Waals surface area contributed by atoms with Crippen LogP contribution in [0.4, 0.5) is 14.9 Å². The lowest BCUT2D eigenvalue weighted by Gasteiger charge is -2.08. The van der Waals surface area contributed by atoms with Crippen LogP contribution in [-0.4, -0.2) is 40.9 Å². The summed E-state index contributed by atoms with van der Waals surface area (Å²) in [5, 5.41) is 11.3. The van der Waals surface area contributed by atoms with Crippen molar-refractivity contribution in [1.82, 2.24) is 25.9 Å². The molecule has 38 heavy (non-hydrogen) atoms. The summed E-state index contributed by atoms with van der Waals surface area (Å²) in [6.45, 7) is 5.08. The zero-order chi connectivity index (χ0) is 27.1. The average Bonchev–Trinajstić information content (AvgIpc) is 3.36. The van der Waals surface area contributed by atoms with Gasteiger partial charge < -0.3 is 26.3 Å². The van der Waals surface area contributed by atoms with Crippen molar-refractivity contribution in [3.8, 4) is 0 Å². The van der Waals surface area contributed by atoms with Crippen LogP contribution >= 0.6 is 0 Å². The van der Waals surface area contributed by atoms with Gasteiger partial charge in [-0.25, -0.2) is 9.18 Å². The molecule has 4 rings (SSSR count). The predicted molar refractivity (Wildman–Crippen MR) is 144 cm³/mol. The van der Waals surface area contributed by atoms with Gasteiger partial charge in [-0.15, -0.1) is 0 Å². The Bertz CT molecular complexity index is 1370. The molecule has 4 amide bonds. The molecule has 2 aromatic heterocycles. The molecule has 0 bridgehead atoms. The van der Waals surface area contributed by atoms with Crippen molar-refractivity contribution >= 4 is 35.2 Å². The number of pyridine rings is 1. The second kappa shape index (κ2) is 12.2. The van der Waals surface area contributed by atoms with Crippen LogP contribution < -0.4 is 21.3 Å². The Morgan fingerprint density at radius 1 is 1.05 bits per heavy atom. The number of aromatic nitrogens is 2. The van der Waals surface area contributed by atoms with Crippen LogP contribution in [0.5, 0.6) is 0 Å². The van der Waals surface area contributed by atoms with Crippen molar-refractivity contribution in [2.24, 2.45) is 0 Å². The van der Waals surface area contributed by atoms with Gasteiger partial charge >= 0.3 is 6.03 Å². The van der Waals surface area contributed by atoms with Gasteiger partial charge in [-0.3, -0.25) is 14.6 Å². The van der Waals surface area contributed by atoms with E-state index in [9.17, 15) is 18.8 Å². The maximum Gasteiger partial charge on any atom is 0.315 e. The Labute approximate surface area is 220 Å². The molecular formula is C28H31FN6O3. The molecule has 3 aromatic rings. The number of rotatable bonds is 10. The van der Waals surface area contributed by atoms with Crippen molar-refractivity contribution < 1.29 is 18.8 Å². The predicted octanol–water partition coefficient (Wildman–Crippen LogP) is 4.06. The molecule has 0 saturated carbocycles. The maximum atomic E-state index is 13.7. The molecule has 0 saturated heterocycles. The van der Waals surface area contributed by atoms with Crippen LogP contribution in [0.2, 0.25) is 0 Å². The van der Waals surface area contributed by atoms with Crippen molar-refractivity contribution in [3.63, 3.8) is 0 Å². The highest BCUT2D eigenvalue weighted by atomic mass is 19.1. The zero-order valence-corrected chi connectivity index (χ0v) is 21.4. The fourth-order valence-electron chi connectivity index (χ4n) is 4.37. The highest BCUT2D eigenvalue weighted by molar-refractivity contribution is 6.34. The first kappa shape index (κ1) is 26.6. The van der Waals surface area contributed by atoms with E-state index in [0.29, 0.717) is 59.0 Å². The third-order valence-electron chi connectivity index (χ3n) is 6.36. The molecule has 10 heteroatoms. The largest absolute Gasteiger partial charge is 0.358 e. The summed E-state index contributed by atoms with van der Waals surface area (Å²) in [5.41, 5.74) is 4.88. The number of H-pyrrole nitrogens is 1. The Morgan fingerprint density at radius 3 is 2.61 bits per heavy atom. The van der Waals surface area contributed by atoms with Gasteiger partial charge in [0.25, 0.3) is 11.8 Å². The molecule has 0 spiro atoms. The smallest absolute Gasteiger partial charge is 0.315 e. The van der Waals surface area contributed by atoms with Crippen LogP contribution in [0.25, 0.3) is 11.6 Å². The Kier molecular flexibility index (Phi) is 8.52. The fourth-order valence-corrected chi connectivity index (χ4v) is 4.37. The number of amides is 4. The van der Waals surface area contributed by atoms with Crippen LogP contribution in [0.1, 0.15) is 57.7 Å². The van der Waals surface area contributed by atoms with Gasteiger partial charge in [0, 0.05) is 54.7 Å². The molecule has 0 radical (unpaired) electrons. The SMILES string of the molecule is Cc1[nH]c(C=C2C(=O)Nc3ccc(F)cc32)c(C)c1C(=O)NCCCCCNC(=O)NCc1cccnc1. The van der Waals surface area contributed by atoms with Crippen LogP contribution in [-0.2, 0) is 11.3 Å². The lowest BCUT2D eigenvalue weighted by Crippen LogP contribution is -2.35. The summed E-state index contributed by atoms with van der Waals surface area (Å²) in [6, 6.07) is 7.64. The van der Waals surface area contributed by atoms with Crippen molar-refractivity contribution in [2.45, 2.75) is 39.7 Å². The van der Waals surface area contributed by atoms with Gasteiger partial charge in [-0.05, 0) is 74.6 Å². The van der Waals surface area contributed by atoms with E-state index < -0.39 is 5.82 Å². The number of aryl methyl sites for hydroxylation is 1. The van der Waals surface area contributed by atoms with Crippen LogP contribution in [0, 0.1) is 19.7 Å². The van der Waals surface area contributed by atoms with Crippen molar-refractivity contribution in [3.05, 3.63) is 82.2 Å². The molecule has 0 atom stereocenters. The number of carbonyl (C=O) groups is 3. The quantitative estimate of drug-likeness (QED) is 0.205. The number of nitrogens with one attached hydrogen (secondary N) is 5. The molecule has 198 valence electrons. The highest BCUT2D eigenvalue weighted by Crippen LogP contribution is 2.34. The van der Waals surface area contributed by atoms with E-state index in [2.05, 4.69) is 31.2 Å². The number of anilines is 1. The van der Waals surface area contributed by atoms with Crippen LogP contribution in [0.15, 0.2) is 42.7 Å². The second-order valence-electron chi connectivity index (χ2n) is 9.15. The number of halogens is 1. The third-order valence-corrected chi connectivity index (χ3v) is 6.36. The van der Waals surface area contributed by atoms with Crippen molar-refractivity contribution in [1.29, 1.82) is 0 Å². The molecule has 9 nitrogen and oxygen atoms in total. The molecule has 5 N–H and O–H groups in total. The average molecular weight is 519 g/mol. The number of carbonyl (C=O) groups excluding carboxylic acids is 3. The molecular weight excluding hydrogens is 487 g/mol. The van der Waals surface area contributed by atoms with E-state index >= 15 is 0 Å². The minimum Gasteiger partial charge on any atom is -0.358 e. The standard InChI is InChI=1S/C28H31FN6O3/c1-17-24(14-22-21-13-20(29)8-9-23(21)35-26(22)36)34-18(2)25(17)27(37)31-11-4-3-5-12-32-28(38)33-16-19-7-6-10-30-15-19/h6-10,13-15,34H,3-5,11-12,16H2,1-2H3,(H,31,37)(H,35,36)(H2,32,33,38). The molecule has 1 aliphatic rings. The van der Waals surface area contributed by atoms with Crippen molar-refractivity contribution in [2.75, 3.05) is 18.4 Å². The number of urea groups is 1. The zero-order valence-electron chi connectivity index (χ0n) is 21.4. The maximum absolute atomic E-state index is 13.7. The lowest BCUT2D eigenvalue weighted by molar-refractivity contribution is -0.110. The van der Waals surface area contributed by atoms with E-state index in [4.69, 9.17) is 0 Å². The van der Waals surface area contributed by atoms with E-state index in [1.807, 2.05) is 19.1 Å². The monoisotopic (exact) mass is 518 g/mol. The number of hydrogen-bond donors (Lipinski definition) is 5. The minimum absolute atomic E-state index is 0.198. The van der Waals surface area contributed by atoms with E-state index in [0.717, 1.165) is 24.8 Å². The summed E-state index contributed by atoms with van der Waals surface area (Å²) in [6.07, 6.45) is 7.45. The first-order valence-corrected chi connectivity index (χ1v) is 12.5. The molecule has 0 unspecified atom stereocenters. The van der Waals surface area contributed by atoms with E-state index in [1.165, 1.54) is 18.2 Å². The number of aromatic amines is 1. The first-order chi connectivity index (χ1) is 18.3. The highest BCUT2D eigenvalue weighted by Gasteiger charge is 2.26. The third kappa shape index (κ3) is 6.44. The summed E-state index contributed by atoms with van der Waals surface area (Å²) in [4.78, 5) is 44.4. The van der Waals surface area contributed by atoms with Gasteiger partial charge in [0.15, 0.2) is 0 Å². The van der Waals surface area contributed by atoms with Gasteiger partial charge in [0.1, 0.15) is 5.82 Å². The van der Waals surface area contributed by atoms with E-state index in [-0.39, 0.29) is 17.8 Å². The van der Waals surface area contributed by atoms with Gasteiger partial charge in [0.05, 0.1) is 11.1 Å². The Balaban J connectivity index is 1.22. The topological polar surface area (TPSA) is 128 Å². The normalized spacial score (nSPS) is 13.2. The summed E-state index contributed by atoms with van der Waals surface area (Å²) in [5.74, 6) is -0.940.